The monoisotopic (exact) mass is 472 g/mol. The van der Waals surface area contributed by atoms with E-state index in [2.05, 4.69) is 14.9 Å². The van der Waals surface area contributed by atoms with Crippen LogP contribution in [0, 0.1) is 0 Å². The molecule has 1 fully saturated rings. The zero-order chi connectivity index (χ0) is 22.4. The first-order valence-electron chi connectivity index (χ1n) is 9.73. The molecule has 0 radical (unpaired) electrons. The van der Waals surface area contributed by atoms with Gasteiger partial charge in [0.1, 0.15) is 4.75 Å². The van der Waals surface area contributed by atoms with Gasteiger partial charge in [0.05, 0.1) is 16.9 Å². The molecule has 2 aromatic rings. The quantitative estimate of drug-likeness (QED) is 0.403. The highest BCUT2D eigenvalue weighted by Gasteiger charge is 2.66. The van der Waals surface area contributed by atoms with E-state index in [4.69, 9.17) is 22.1 Å². The number of nitrogens with one attached hydrogen (secondary N) is 2. The molecule has 31 heavy (non-hydrogen) atoms. The number of aromatic amines is 1. The number of benzene rings is 1. The summed E-state index contributed by atoms with van der Waals surface area (Å²) in [5, 5.41) is 6.70. The van der Waals surface area contributed by atoms with Crippen molar-refractivity contribution in [2.24, 2.45) is 0 Å². The Bertz CT molecular complexity index is 1170. The maximum atomic E-state index is 13.4. The van der Waals surface area contributed by atoms with Gasteiger partial charge in [0.25, 0.3) is 0 Å². The molecule has 0 aliphatic heterocycles. The lowest BCUT2D eigenvalue weighted by Crippen LogP contribution is -2.39. The number of nitrogens with two attached hydrogens (primary N) is 1. The lowest BCUT2D eigenvalue weighted by Gasteiger charge is -2.24. The van der Waals surface area contributed by atoms with Crippen LogP contribution in [0.5, 0.6) is 0 Å². The number of para-hydroxylation sites is 1. The average molecular weight is 473 g/mol. The third kappa shape index (κ3) is 3.97. The van der Waals surface area contributed by atoms with E-state index >= 15 is 0 Å². The van der Waals surface area contributed by atoms with Crippen molar-refractivity contribution in [2.45, 2.75) is 41.4 Å². The number of methoxy groups -OCH3 is 1. The number of aromatic nitrogens is 2. The van der Waals surface area contributed by atoms with E-state index in [1.54, 1.807) is 36.4 Å². The van der Waals surface area contributed by atoms with E-state index in [0.29, 0.717) is 34.3 Å². The number of ether oxygens (including phenoxy) is 1. The van der Waals surface area contributed by atoms with Gasteiger partial charge in [-0.15, -0.1) is 0 Å². The van der Waals surface area contributed by atoms with Gasteiger partial charge in [-0.3, -0.25) is 5.10 Å². The average Bonchev–Trinajstić information content (AvgIpc) is 3.27. The highest BCUT2D eigenvalue weighted by molar-refractivity contribution is 7.91. The number of sulfonamides is 1. The largest absolute Gasteiger partial charge is 0.397 e. The van der Waals surface area contributed by atoms with Gasteiger partial charge in [-0.25, -0.2) is 21.9 Å². The van der Waals surface area contributed by atoms with E-state index in [-0.39, 0.29) is 13.0 Å². The van der Waals surface area contributed by atoms with Crippen LogP contribution >= 0.6 is 11.6 Å². The molecule has 4 N–H and O–H groups in total. The lowest BCUT2D eigenvalue weighted by molar-refractivity contribution is 0.106. The van der Waals surface area contributed by atoms with Crippen molar-refractivity contribution in [3.63, 3.8) is 0 Å². The Morgan fingerprint density at radius 3 is 2.87 bits per heavy atom. The normalized spacial score (nSPS) is 28.3. The van der Waals surface area contributed by atoms with Gasteiger partial charge in [-0.05, 0) is 24.1 Å². The molecule has 3 unspecified atom stereocenters. The van der Waals surface area contributed by atoms with Crippen molar-refractivity contribution >= 4 is 38.2 Å². The van der Waals surface area contributed by atoms with Crippen molar-refractivity contribution in [3.05, 3.63) is 47.7 Å². The fourth-order valence-electron chi connectivity index (χ4n) is 4.12. The van der Waals surface area contributed by atoms with Crippen LogP contribution in [0.15, 0.2) is 42.0 Å². The number of hydrogen-bond acceptors (Lipinski definition) is 5. The summed E-state index contributed by atoms with van der Waals surface area (Å²) >= 11 is 6.20. The minimum atomic E-state index is -4.09. The second-order valence-corrected chi connectivity index (χ2v) is 10.7. The number of hydrogen-bond donors (Lipinski definition) is 3. The van der Waals surface area contributed by atoms with E-state index in [0.717, 1.165) is 0 Å². The number of anilines is 1. The molecule has 11 heteroatoms. The Balaban J connectivity index is 1.57. The Hall–Kier alpha value is -2.01. The van der Waals surface area contributed by atoms with E-state index < -0.39 is 38.6 Å². The molecular weight excluding hydrogens is 450 g/mol. The minimum Gasteiger partial charge on any atom is -0.397 e. The van der Waals surface area contributed by atoms with Crippen LogP contribution < -0.4 is 10.5 Å². The Kier molecular flexibility index (Phi) is 5.61. The van der Waals surface area contributed by atoms with Gasteiger partial charge in [-0.2, -0.15) is 5.10 Å². The number of fused-ring (bicyclic) bond motifs is 1. The van der Waals surface area contributed by atoms with Gasteiger partial charge in [-0.1, -0.05) is 35.9 Å². The molecule has 1 heterocycles. The number of nitrogens with zero attached hydrogens (tertiary/aromatic N) is 1. The molecule has 2 aliphatic carbocycles. The van der Waals surface area contributed by atoms with Crippen molar-refractivity contribution in [3.8, 4) is 0 Å². The Morgan fingerprint density at radius 1 is 1.45 bits per heavy atom. The van der Waals surface area contributed by atoms with Gasteiger partial charge in [0, 0.05) is 37.8 Å². The molecule has 0 amide bonds. The van der Waals surface area contributed by atoms with Crippen molar-refractivity contribution in [2.75, 3.05) is 19.4 Å². The molecule has 1 aromatic heterocycles. The second-order valence-electron chi connectivity index (χ2n) is 7.93. The van der Waals surface area contributed by atoms with Crippen molar-refractivity contribution in [1.82, 2.24) is 14.9 Å². The number of alkyl halides is 3. The third-order valence-corrected chi connectivity index (χ3v) is 8.69. The van der Waals surface area contributed by atoms with Crippen LogP contribution in [0.25, 0.3) is 10.9 Å². The minimum absolute atomic E-state index is 0.0263. The molecule has 168 valence electrons. The number of halogens is 3. The molecular formula is C20H23ClF2N4O3S. The molecule has 3 atom stereocenters. The third-order valence-electron chi connectivity index (χ3n) is 6.04. The van der Waals surface area contributed by atoms with Crippen LogP contribution in [0.2, 0.25) is 0 Å². The van der Waals surface area contributed by atoms with Gasteiger partial charge >= 0.3 is 0 Å². The van der Waals surface area contributed by atoms with Crippen LogP contribution in [0.4, 0.5) is 14.5 Å². The first-order valence-corrected chi connectivity index (χ1v) is 11.6. The second kappa shape index (κ2) is 7.84. The fraction of sp³-hybridized carbons (Fsp3) is 0.450. The Morgan fingerprint density at radius 2 is 2.23 bits per heavy atom. The summed E-state index contributed by atoms with van der Waals surface area (Å²) in [7, 11) is -2.61. The summed E-state index contributed by atoms with van der Waals surface area (Å²) in [6.07, 6.45) is 1.93. The standard InChI is InChI=1S/C20H23ClF2N4O3S/c1-30-20(21)7-5-12(6-8-20)11-25-31(28,29)19(10-16(22)23)9-14(19)17-13-3-2-4-15(24)18(13)27-26-17/h2-7,14,16,25H,8-11,24H2,1H3,(H,26,27). The SMILES string of the molecule is COC1(Cl)C=CC(CNS(=O)(=O)C2(CC(F)F)CC2c2n[nH]c3c(N)cccc23)=CC1. The highest BCUT2D eigenvalue weighted by atomic mass is 35.5. The maximum Gasteiger partial charge on any atom is 0.240 e. The van der Waals surface area contributed by atoms with Crippen molar-refractivity contribution in [1.29, 1.82) is 0 Å². The molecule has 7 nitrogen and oxygen atoms in total. The van der Waals surface area contributed by atoms with Gasteiger partial charge in [0.2, 0.25) is 16.4 Å². The highest BCUT2D eigenvalue weighted by Crippen LogP contribution is 2.60. The summed E-state index contributed by atoms with van der Waals surface area (Å²) in [6.45, 7) is -0.0263. The van der Waals surface area contributed by atoms with Crippen LogP contribution in [-0.4, -0.2) is 48.5 Å². The van der Waals surface area contributed by atoms with E-state index in [1.807, 2.05) is 0 Å². The zero-order valence-electron chi connectivity index (χ0n) is 16.7. The van der Waals surface area contributed by atoms with Gasteiger partial charge in [0.15, 0.2) is 5.06 Å². The maximum absolute atomic E-state index is 13.4. The van der Waals surface area contributed by atoms with Crippen LogP contribution in [-0.2, 0) is 14.8 Å². The summed E-state index contributed by atoms with van der Waals surface area (Å²) in [5.74, 6) is -0.658. The lowest BCUT2D eigenvalue weighted by atomic mass is 10.0. The first-order chi connectivity index (χ1) is 14.6. The van der Waals surface area contributed by atoms with Crippen LogP contribution in [0.3, 0.4) is 0 Å². The predicted molar refractivity (Wildman–Crippen MR) is 116 cm³/mol. The molecule has 2 aliphatic rings. The van der Waals surface area contributed by atoms with Crippen LogP contribution in [0.1, 0.15) is 30.9 Å². The molecule has 0 spiro atoms. The topological polar surface area (TPSA) is 110 Å². The molecule has 1 saturated carbocycles. The fourth-order valence-corrected chi connectivity index (χ4v) is 6.12. The summed E-state index contributed by atoms with van der Waals surface area (Å²) in [4.78, 5) is 0. The Labute approximate surface area is 183 Å². The smallest absolute Gasteiger partial charge is 0.240 e. The summed E-state index contributed by atoms with van der Waals surface area (Å²) < 4.78 is 59.2. The predicted octanol–water partition coefficient (Wildman–Crippen LogP) is 3.41. The van der Waals surface area contributed by atoms with Gasteiger partial charge < -0.3 is 10.5 Å². The zero-order valence-corrected chi connectivity index (χ0v) is 18.3. The first kappa shape index (κ1) is 22.2. The molecule has 0 saturated heterocycles. The molecule has 1 aromatic carbocycles. The van der Waals surface area contributed by atoms with E-state index in [1.165, 1.54) is 7.11 Å². The molecule has 0 bridgehead atoms. The summed E-state index contributed by atoms with van der Waals surface area (Å²) in [6, 6.07) is 5.16. The van der Waals surface area contributed by atoms with E-state index in [9.17, 15) is 17.2 Å². The van der Waals surface area contributed by atoms with Crippen molar-refractivity contribution < 1.29 is 21.9 Å². The number of H-pyrrole nitrogens is 1. The molecule has 4 rings (SSSR count). The number of rotatable bonds is 8. The number of nitrogen functional groups attached to an aromatic ring is 1. The summed E-state index contributed by atoms with van der Waals surface area (Å²) in [5.41, 5.74) is 8.08.